The fraction of sp³-hybridized carbons (Fsp3) is 0.421. The highest BCUT2D eigenvalue weighted by Gasteiger charge is 2.33. The predicted molar refractivity (Wildman–Crippen MR) is 104 cm³/mol. The summed E-state index contributed by atoms with van der Waals surface area (Å²) < 4.78 is 10.7. The highest BCUT2D eigenvalue weighted by atomic mass is 16.6. The number of imide groups is 1. The van der Waals surface area contributed by atoms with Crippen molar-refractivity contribution in [1.29, 1.82) is 0 Å². The Morgan fingerprint density at radius 2 is 1.50 bits per heavy atom. The fourth-order valence-electron chi connectivity index (χ4n) is 1.98. The Kier molecular flexibility index (Phi) is 6.17. The molecule has 0 aliphatic rings. The summed E-state index contributed by atoms with van der Waals surface area (Å²) in [7, 11) is 0. The lowest BCUT2D eigenvalue weighted by Crippen LogP contribution is -2.44. The van der Waals surface area contributed by atoms with E-state index in [0.717, 1.165) is 4.90 Å². The molecule has 0 saturated carbocycles. The monoisotopic (exact) mass is 387 g/mol. The molecule has 0 aromatic carbocycles. The van der Waals surface area contributed by atoms with Crippen LogP contribution in [0.4, 0.5) is 27.0 Å². The van der Waals surface area contributed by atoms with Crippen LogP contribution in [0.2, 0.25) is 0 Å². The van der Waals surface area contributed by atoms with Crippen molar-refractivity contribution in [2.75, 3.05) is 10.2 Å². The molecular formula is C19H25N5O4. The Morgan fingerprint density at radius 3 is 2.00 bits per heavy atom. The van der Waals surface area contributed by atoms with Crippen molar-refractivity contribution in [1.82, 2.24) is 15.0 Å². The van der Waals surface area contributed by atoms with Crippen LogP contribution in [-0.4, -0.2) is 38.3 Å². The fourth-order valence-corrected chi connectivity index (χ4v) is 1.98. The summed E-state index contributed by atoms with van der Waals surface area (Å²) in [4.78, 5) is 38.3. The first-order valence-electron chi connectivity index (χ1n) is 8.71. The number of pyridine rings is 1. The largest absolute Gasteiger partial charge is 0.443 e. The molecule has 0 aliphatic carbocycles. The smallest absolute Gasteiger partial charge is 0.425 e. The Hall–Kier alpha value is -3.23. The van der Waals surface area contributed by atoms with Crippen molar-refractivity contribution in [3.8, 4) is 0 Å². The van der Waals surface area contributed by atoms with E-state index in [0.29, 0.717) is 11.6 Å². The third-order valence-electron chi connectivity index (χ3n) is 2.95. The lowest BCUT2D eigenvalue weighted by atomic mass is 10.2. The van der Waals surface area contributed by atoms with Crippen molar-refractivity contribution >= 4 is 29.6 Å². The quantitative estimate of drug-likeness (QED) is 0.831. The molecule has 0 aliphatic heterocycles. The van der Waals surface area contributed by atoms with Crippen molar-refractivity contribution in [2.24, 2.45) is 0 Å². The predicted octanol–water partition coefficient (Wildman–Crippen LogP) is 4.29. The van der Waals surface area contributed by atoms with Gasteiger partial charge in [-0.15, -0.1) is 0 Å². The molecule has 0 saturated heterocycles. The maximum atomic E-state index is 12.7. The summed E-state index contributed by atoms with van der Waals surface area (Å²) >= 11 is 0. The van der Waals surface area contributed by atoms with Crippen LogP contribution in [-0.2, 0) is 9.47 Å². The zero-order valence-electron chi connectivity index (χ0n) is 16.9. The summed E-state index contributed by atoms with van der Waals surface area (Å²) in [5.74, 6) is 0.908. The van der Waals surface area contributed by atoms with E-state index in [1.165, 1.54) is 12.4 Å². The third kappa shape index (κ3) is 6.49. The molecule has 0 atom stereocenters. The van der Waals surface area contributed by atoms with Gasteiger partial charge in [0.15, 0.2) is 5.82 Å². The number of anilines is 3. The van der Waals surface area contributed by atoms with E-state index in [4.69, 9.17) is 9.47 Å². The molecule has 2 rings (SSSR count). The molecular weight excluding hydrogens is 362 g/mol. The second-order valence-corrected chi connectivity index (χ2v) is 7.90. The minimum atomic E-state index is -0.899. The molecule has 9 heteroatoms. The van der Waals surface area contributed by atoms with E-state index in [1.54, 1.807) is 59.9 Å². The molecule has 0 spiro atoms. The van der Waals surface area contributed by atoms with E-state index in [1.807, 2.05) is 6.07 Å². The highest BCUT2D eigenvalue weighted by molar-refractivity contribution is 6.08. The van der Waals surface area contributed by atoms with Crippen LogP contribution in [0.5, 0.6) is 0 Å². The van der Waals surface area contributed by atoms with Crippen molar-refractivity contribution in [3.63, 3.8) is 0 Å². The van der Waals surface area contributed by atoms with E-state index >= 15 is 0 Å². The minimum absolute atomic E-state index is 0.0110. The topological polar surface area (TPSA) is 107 Å². The van der Waals surface area contributed by atoms with Crippen LogP contribution in [0.1, 0.15) is 41.5 Å². The molecule has 2 heterocycles. The van der Waals surface area contributed by atoms with Crippen molar-refractivity contribution in [3.05, 3.63) is 36.8 Å². The Bertz CT molecular complexity index is 800. The zero-order valence-corrected chi connectivity index (χ0v) is 16.9. The van der Waals surface area contributed by atoms with Crippen LogP contribution >= 0.6 is 0 Å². The molecule has 0 fully saturated rings. The lowest BCUT2D eigenvalue weighted by molar-refractivity contribution is 0.0429. The zero-order chi connectivity index (χ0) is 20.9. The first-order valence-corrected chi connectivity index (χ1v) is 8.71. The number of hydrogen-bond donors (Lipinski definition) is 1. The number of amides is 2. The van der Waals surface area contributed by atoms with Gasteiger partial charge in [-0.2, -0.15) is 4.90 Å². The number of aromatic nitrogens is 3. The maximum Gasteiger partial charge on any atom is 0.425 e. The summed E-state index contributed by atoms with van der Waals surface area (Å²) in [5.41, 5.74) is -1.61. The first-order chi connectivity index (χ1) is 12.9. The molecule has 2 amide bonds. The van der Waals surface area contributed by atoms with E-state index in [9.17, 15) is 9.59 Å². The van der Waals surface area contributed by atoms with Gasteiger partial charge < -0.3 is 14.8 Å². The normalized spacial score (nSPS) is 11.5. The van der Waals surface area contributed by atoms with Crippen LogP contribution in [0, 0.1) is 0 Å². The average Bonchev–Trinajstić information content (AvgIpc) is 2.53. The van der Waals surface area contributed by atoms with Gasteiger partial charge in [0.25, 0.3) is 0 Å². The molecule has 1 N–H and O–H groups in total. The first kappa shape index (κ1) is 21.1. The number of hydrogen-bond acceptors (Lipinski definition) is 8. The van der Waals surface area contributed by atoms with Gasteiger partial charge in [0.2, 0.25) is 0 Å². The Labute approximate surface area is 164 Å². The number of carbonyl (C=O) groups is 2. The Morgan fingerprint density at radius 1 is 0.893 bits per heavy atom. The van der Waals surface area contributed by atoms with Gasteiger partial charge in [0.05, 0.1) is 0 Å². The van der Waals surface area contributed by atoms with E-state index in [2.05, 4.69) is 20.3 Å². The number of rotatable bonds is 3. The van der Waals surface area contributed by atoms with Gasteiger partial charge in [-0.05, 0) is 53.7 Å². The minimum Gasteiger partial charge on any atom is -0.443 e. The van der Waals surface area contributed by atoms with Gasteiger partial charge in [0, 0.05) is 12.3 Å². The lowest BCUT2D eigenvalue weighted by Gasteiger charge is -2.28. The number of nitrogens with one attached hydrogen (secondary N) is 1. The molecule has 0 unspecified atom stereocenters. The molecule has 2 aromatic rings. The standard InChI is InChI=1S/C19H25N5O4/c1-18(2,3)27-16(25)24(17(26)28-19(4,5)6)15-11-14(21-12-22-15)23-13-9-7-8-10-20-13/h7-12H,1-6H3,(H,20,21,22,23). The maximum absolute atomic E-state index is 12.7. The van der Waals surface area contributed by atoms with Crippen LogP contribution in [0.3, 0.4) is 0 Å². The number of carbonyl (C=O) groups excluding carboxylic acids is 2. The van der Waals surface area contributed by atoms with Gasteiger partial charge >= 0.3 is 12.2 Å². The highest BCUT2D eigenvalue weighted by Crippen LogP contribution is 2.22. The van der Waals surface area contributed by atoms with Crippen LogP contribution in [0.25, 0.3) is 0 Å². The van der Waals surface area contributed by atoms with Gasteiger partial charge in [0.1, 0.15) is 29.2 Å². The number of nitrogens with zero attached hydrogens (tertiary/aromatic N) is 4. The second kappa shape index (κ2) is 8.20. The van der Waals surface area contributed by atoms with Crippen LogP contribution in [0.15, 0.2) is 36.8 Å². The molecule has 2 aromatic heterocycles. The molecule has 28 heavy (non-hydrogen) atoms. The summed E-state index contributed by atoms with van der Waals surface area (Å²) in [6, 6.07) is 6.78. The van der Waals surface area contributed by atoms with Gasteiger partial charge in [-0.1, -0.05) is 6.07 Å². The van der Waals surface area contributed by atoms with Crippen LogP contribution < -0.4 is 10.2 Å². The SMILES string of the molecule is CC(C)(C)OC(=O)N(C(=O)OC(C)(C)C)c1cc(Nc2ccccn2)ncn1. The average molecular weight is 387 g/mol. The summed E-state index contributed by atoms with van der Waals surface area (Å²) in [6.45, 7) is 10.2. The second-order valence-electron chi connectivity index (χ2n) is 7.90. The number of ether oxygens (including phenoxy) is 2. The molecule has 0 radical (unpaired) electrons. The molecule has 150 valence electrons. The third-order valence-corrected chi connectivity index (χ3v) is 2.95. The van der Waals surface area contributed by atoms with E-state index < -0.39 is 23.4 Å². The van der Waals surface area contributed by atoms with Crippen molar-refractivity contribution < 1.29 is 19.1 Å². The van der Waals surface area contributed by atoms with Gasteiger partial charge in [-0.3, -0.25) is 0 Å². The van der Waals surface area contributed by atoms with Crippen molar-refractivity contribution in [2.45, 2.75) is 52.7 Å². The molecule has 0 bridgehead atoms. The van der Waals surface area contributed by atoms with E-state index in [-0.39, 0.29) is 5.82 Å². The summed E-state index contributed by atoms with van der Waals surface area (Å²) in [5, 5.41) is 2.98. The molecule has 9 nitrogen and oxygen atoms in total. The Balaban J connectivity index is 2.35. The van der Waals surface area contributed by atoms with Gasteiger partial charge in [-0.25, -0.2) is 24.5 Å². The summed E-state index contributed by atoms with van der Waals surface area (Å²) in [6.07, 6.45) is 1.05.